The number of rotatable bonds is 5. The van der Waals surface area contributed by atoms with Crippen molar-refractivity contribution >= 4 is 6.29 Å². The fourth-order valence-electron chi connectivity index (χ4n) is 1.22. The molecule has 0 N–H and O–H groups in total. The minimum atomic E-state index is -4.57. The van der Waals surface area contributed by atoms with Crippen LogP contribution < -0.4 is 4.74 Å². The minimum absolute atomic E-state index is 0.0555. The van der Waals surface area contributed by atoms with Gasteiger partial charge in [-0.05, 0) is 18.2 Å². The molecule has 0 atom stereocenters. The second kappa shape index (κ2) is 5.67. The van der Waals surface area contributed by atoms with Crippen molar-refractivity contribution in [2.75, 3.05) is 20.3 Å². The first-order valence-electron chi connectivity index (χ1n) is 4.77. The van der Waals surface area contributed by atoms with E-state index in [-0.39, 0.29) is 25.2 Å². The van der Waals surface area contributed by atoms with Crippen molar-refractivity contribution in [2.24, 2.45) is 0 Å². The third-order valence-electron chi connectivity index (χ3n) is 2.01. The molecule has 1 aromatic carbocycles. The van der Waals surface area contributed by atoms with E-state index in [1.54, 1.807) is 0 Å². The van der Waals surface area contributed by atoms with Gasteiger partial charge in [-0.25, -0.2) is 0 Å². The second-order valence-electron chi connectivity index (χ2n) is 3.21. The Morgan fingerprint density at radius 1 is 1.29 bits per heavy atom. The van der Waals surface area contributed by atoms with E-state index in [4.69, 9.17) is 9.47 Å². The van der Waals surface area contributed by atoms with Crippen molar-refractivity contribution in [3.8, 4) is 5.75 Å². The Morgan fingerprint density at radius 2 is 2.00 bits per heavy atom. The maximum absolute atomic E-state index is 12.6. The summed E-state index contributed by atoms with van der Waals surface area (Å²) >= 11 is 0. The molecule has 1 aromatic rings. The Kier molecular flexibility index (Phi) is 4.51. The van der Waals surface area contributed by atoms with Gasteiger partial charge in [-0.15, -0.1) is 0 Å². The van der Waals surface area contributed by atoms with Crippen molar-refractivity contribution in [3.05, 3.63) is 29.3 Å². The molecule has 0 aromatic heterocycles. The zero-order valence-electron chi connectivity index (χ0n) is 9.08. The number of alkyl halides is 3. The highest BCUT2D eigenvalue weighted by molar-refractivity contribution is 5.78. The smallest absolute Gasteiger partial charge is 0.417 e. The number of methoxy groups -OCH3 is 1. The van der Waals surface area contributed by atoms with Gasteiger partial charge in [0.15, 0.2) is 6.29 Å². The molecule has 0 bridgehead atoms. The number of hydrogen-bond acceptors (Lipinski definition) is 3. The van der Waals surface area contributed by atoms with E-state index >= 15 is 0 Å². The largest absolute Gasteiger partial charge is 0.491 e. The highest BCUT2D eigenvalue weighted by Crippen LogP contribution is 2.33. The van der Waals surface area contributed by atoms with Crippen LogP contribution in [0.5, 0.6) is 5.75 Å². The van der Waals surface area contributed by atoms with Gasteiger partial charge in [0.1, 0.15) is 12.4 Å². The van der Waals surface area contributed by atoms with Crippen molar-refractivity contribution < 1.29 is 27.4 Å². The van der Waals surface area contributed by atoms with Gasteiger partial charge in [0.05, 0.1) is 12.2 Å². The summed E-state index contributed by atoms with van der Waals surface area (Å²) in [6.07, 6.45) is -4.40. The number of aldehydes is 1. The maximum atomic E-state index is 12.6. The van der Waals surface area contributed by atoms with Crippen LogP contribution in [-0.4, -0.2) is 26.6 Å². The first-order valence-corrected chi connectivity index (χ1v) is 4.77. The van der Waals surface area contributed by atoms with Crippen molar-refractivity contribution in [2.45, 2.75) is 6.18 Å². The van der Waals surface area contributed by atoms with Gasteiger partial charge in [-0.3, -0.25) is 4.79 Å². The van der Waals surface area contributed by atoms with E-state index in [1.165, 1.54) is 13.2 Å². The molecule has 0 radical (unpaired) electrons. The van der Waals surface area contributed by atoms with Crippen LogP contribution in [0.3, 0.4) is 0 Å². The lowest BCUT2D eigenvalue weighted by molar-refractivity contribution is -0.137. The Balaban J connectivity index is 2.93. The zero-order chi connectivity index (χ0) is 12.9. The normalized spacial score (nSPS) is 11.3. The quantitative estimate of drug-likeness (QED) is 0.593. The highest BCUT2D eigenvalue weighted by atomic mass is 19.4. The van der Waals surface area contributed by atoms with Gasteiger partial charge >= 0.3 is 6.18 Å². The molecule has 0 aliphatic rings. The van der Waals surface area contributed by atoms with Crippen molar-refractivity contribution in [1.29, 1.82) is 0 Å². The molecule has 0 saturated carbocycles. The second-order valence-corrected chi connectivity index (χ2v) is 3.21. The van der Waals surface area contributed by atoms with Crippen LogP contribution in [0.2, 0.25) is 0 Å². The zero-order valence-corrected chi connectivity index (χ0v) is 9.08. The average molecular weight is 248 g/mol. The summed E-state index contributed by atoms with van der Waals surface area (Å²) in [5.41, 5.74) is -1.40. The Bertz CT molecular complexity index is 388. The number of carbonyl (C=O) groups is 1. The van der Waals surface area contributed by atoms with E-state index in [9.17, 15) is 18.0 Å². The van der Waals surface area contributed by atoms with Crippen molar-refractivity contribution in [3.63, 3.8) is 0 Å². The fourth-order valence-corrected chi connectivity index (χ4v) is 1.22. The molecular formula is C11H11F3O3. The maximum Gasteiger partial charge on any atom is 0.417 e. The molecule has 0 fully saturated rings. The summed E-state index contributed by atoms with van der Waals surface area (Å²) in [6.45, 7) is 0.422. The molecule has 0 aliphatic carbocycles. The summed E-state index contributed by atoms with van der Waals surface area (Å²) in [6, 6.07) is 3.20. The molecule has 1 rings (SSSR count). The molecule has 94 valence electrons. The number of carbonyl (C=O) groups excluding carboxylic acids is 1. The molecule has 0 spiro atoms. The molecule has 0 heterocycles. The van der Waals surface area contributed by atoms with Crippen LogP contribution in [0.15, 0.2) is 18.2 Å². The van der Waals surface area contributed by atoms with Gasteiger partial charge in [0.25, 0.3) is 0 Å². The topological polar surface area (TPSA) is 35.5 Å². The average Bonchev–Trinajstić information content (AvgIpc) is 2.28. The molecule has 6 heteroatoms. The van der Waals surface area contributed by atoms with Crippen LogP contribution >= 0.6 is 0 Å². The number of benzene rings is 1. The van der Waals surface area contributed by atoms with Crippen LogP contribution in [0.1, 0.15) is 15.9 Å². The standard InChI is InChI=1S/C11H11F3O3/c1-16-4-5-17-9-3-2-8(7-15)10(6-9)11(12,13)14/h2-3,6-7H,4-5H2,1H3. The lowest BCUT2D eigenvalue weighted by atomic mass is 10.1. The third kappa shape index (κ3) is 3.74. The van der Waals surface area contributed by atoms with E-state index in [1.807, 2.05) is 0 Å². The Hall–Kier alpha value is -1.56. The molecule has 0 amide bonds. The predicted octanol–water partition coefficient (Wildman–Crippen LogP) is 2.54. The lowest BCUT2D eigenvalue weighted by Gasteiger charge is -2.12. The number of halogens is 3. The highest BCUT2D eigenvalue weighted by Gasteiger charge is 2.33. The van der Waals surface area contributed by atoms with Crippen LogP contribution in [0.25, 0.3) is 0 Å². The molecule has 3 nitrogen and oxygen atoms in total. The first kappa shape index (κ1) is 13.5. The molecule has 0 aliphatic heterocycles. The third-order valence-corrected chi connectivity index (χ3v) is 2.01. The van der Waals surface area contributed by atoms with Gasteiger partial charge in [-0.2, -0.15) is 13.2 Å². The van der Waals surface area contributed by atoms with E-state index in [2.05, 4.69) is 0 Å². The molecule has 0 saturated heterocycles. The summed E-state index contributed by atoms with van der Waals surface area (Å²) in [7, 11) is 1.46. The fraction of sp³-hybridized carbons (Fsp3) is 0.364. The minimum Gasteiger partial charge on any atom is -0.491 e. The SMILES string of the molecule is COCCOc1ccc(C=O)c(C(F)(F)F)c1. The van der Waals surface area contributed by atoms with Gasteiger partial charge in [0, 0.05) is 12.7 Å². The molecular weight excluding hydrogens is 237 g/mol. The Labute approximate surface area is 96.1 Å². The number of hydrogen-bond donors (Lipinski definition) is 0. The summed E-state index contributed by atoms with van der Waals surface area (Å²) < 4.78 is 47.4. The van der Waals surface area contributed by atoms with Gasteiger partial charge in [0.2, 0.25) is 0 Å². The summed E-state index contributed by atoms with van der Waals surface area (Å²) in [5.74, 6) is 0.0555. The van der Waals surface area contributed by atoms with Crippen LogP contribution in [-0.2, 0) is 10.9 Å². The van der Waals surface area contributed by atoms with Crippen LogP contribution in [0.4, 0.5) is 13.2 Å². The first-order chi connectivity index (χ1) is 7.99. The van der Waals surface area contributed by atoms with E-state index in [0.717, 1.165) is 12.1 Å². The monoisotopic (exact) mass is 248 g/mol. The predicted molar refractivity (Wildman–Crippen MR) is 54.2 cm³/mol. The summed E-state index contributed by atoms with van der Waals surface area (Å²) in [5, 5.41) is 0. The number of ether oxygens (including phenoxy) is 2. The van der Waals surface area contributed by atoms with Gasteiger partial charge in [-0.1, -0.05) is 0 Å². The van der Waals surface area contributed by atoms with Gasteiger partial charge < -0.3 is 9.47 Å². The molecule has 0 unspecified atom stereocenters. The van der Waals surface area contributed by atoms with E-state index < -0.39 is 17.3 Å². The van der Waals surface area contributed by atoms with Crippen LogP contribution in [0, 0.1) is 0 Å². The summed E-state index contributed by atoms with van der Waals surface area (Å²) in [4.78, 5) is 10.5. The van der Waals surface area contributed by atoms with E-state index in [0.29, 0.717) is 0 Å². The molecule has 17 heavy (non-hydrogen) atoms. The lowest BCUT2D eigenvalue weighted by Crippen LogP contribution is -2.10. The van der Waals surface area contributed by atoms with Crippen molar-refractivity contribution in [1.82, 2.24) is 0 Å². The Morgan fingerprint density at radius 3 is 2.53 bits per heavy atom.